The molecule has 0 saturated heterocycles. The Kier molecular flexibility index (Phi) is 7.39. The molecule has 0 saturated carbocycles. The molecule has 6 heteroatoms. The van der Waals surface area contributed by atoms with E-state index in [4.69, 9.17) is 13.8 Å². The van der Waals surface area contributed by atoms with Crippen molar-refractivity contribution in [3.63, 3.8) is 0 Å². The number of benzene rings is 2. The molecule has 2 aromatic rings. The fourth-order valence-corrected chi connectivity index (χ4v) is 5.37. The molecule has 0 aromatic heterocycles. The van der Waals surface area contributed by atoms with E-state index in [1.54, 1.807) is 20.8 Å². The molecule has 0 aliphatic carbocycles. The smallest absolute Gasteiger partial charge is 0.345 e. The lowest BCUT2D eigenvalue weighted by Crippen LogP contribution is -2.31. The highest BCUT2D eigenvalue weighted by Crippen LogP contribution is 2.58. The summed E-state index contributed by atoms with van der Waals surface area (Å²) in [5.41, 5.74) is -0.103. The van der Waals surface area contributed by atoms with E-state index in [9.17, 15) is 9.36 Å². The molecule has 0 fully saturated rings. The predicted molar refractivity (Wildman–Crippen MR) is 104 cm³/mol. The van der Waals surface area contributed by atoms with Gasteiger partial charge in [-0.25, -0.2) is 0 Å². The number of hydrogen-bond acceptors (Lipinski definition) is 5. The average Bonchev–Trinajstić information content (AvgIpc) is 2.61. The van der Waals surface area contributed by atoms with Crippen LogP contribution in [0.15, 0.2) is 42.5 Å². The normalized spacial score (nSPS) is 14.2. The molecular formula is C20H27O5P. The van der Waals surface area contributed by atoms with E-state index < -0.39 is 25.1 Å². The van der Waals surface area contributed by atoms with Gasteiger partial charge in [-0.3, -0.25) is 9.36 Å². The molecule has 26 heavy (non-hydrogen) atoms. The summed E-state index contributed by atoms with van der Waals surface area (Å²) >= 11 is 0. The summed E-state index contributed by atoms with van der Waals surface area (Å²) in [6.07, 6.45) is 0. The summed E-state index contributed by atoms with van der Waals surface area (Å²) in [5.74, 6) is -0.956. The highest BCUT2D eigenvalue weighted by molar-refractivity contribution is 7.55. The SMILES string of the molecule is CCOC(=O)[C@H]([C@H](C)c1cccc2ccccc12)P(=O)(OCC)OCC. The minimum absolute atomic E-state index is 0.190. The first-order valence-electron chi connectivity index (χ1n) is 9.01. The summed E-state index contributed by atoms with van der Waals surface area (Å²) in [6.45, 7) is 7.64. The Bertz CT molecular complexity index is 773. The molecule has 5 nitrogen and oxygen atoms in total. The second kappa shape index (κ2) is 9.31. The topological polar surface area (TPSA) is 61.8 Å². The van der Waals surface area contributed by atoms with Crippen molar-refractivity contribution >= 4 is 24.3 Å². The van der Waals surface area contributed by atoms with Gasteiger partial charge >= 0.3 is 13.6 Å². The number of hydrogen-bond donors (Lipinski definition) is 0. The van der Waals surface area contributed by atoms with Gasteiger partial charge in [0.2, 0.25) is 0 Å². The van der Waals surface area contributed by atoms with Crippen molar-refractivity contribution in [1.29, 1.82) is 0 Å². The van der Waals surface area contributed by atoms with Crippen LogP contribution in [0.1, 0.15) is 39.2 Å². The first-order valence-corrected chi connectivity index (χ1v) is 10.6. The summed E-state index contributed by atoms with van der Waals surface area (Å²) in [4.78, 5) is 12.7. The Labute approximate surface area is 155 Å². The first-order chi connectivity index (χ1) is 12.5. The lowest BCUT2D eigenvalue weighted by Gasteiger charge is -2.29. The molecule has 0 bridgehead atoms. The molecule has 2 rings (SSSR count). The van der Waals surface area contributed by atoms with Gasteiger partial charge < -0.3 is 13.8 Å². The van der Waals surface area contributed by atoms with E-state index >= 15 is 0 Å². The van der Waals surface area contributed by atoms with Gasteiger partial charge in [-0.2, -0.15) is 0 Å². The fraction of sp³-hybridized carbons (Fsp3) is 0.450. The highest BCUT2D eigenvalue weighted by Gasteiger charge is 2.46. The summed E-state index contributed by atoms with van der Waals surface area (Å²) < 4.78 is 29.6. The van der Waals surface area contributed by atoms with E-state index in [0.29, 0.717) is 0 Å². The molecule has 0 N–H and O–H groups in total. The molecule has 0 unspecified atom stereocenters. The highest BCUT2D eigenvalue weighted by atomic mass is 31.2. The van der Waals surface area contributed by atoms with Crippen molar-refractivity contribution in [3.05, 3.63) is 48.0 Å². The Hall–Kier alpha value is -1.68. The lowest BCUT2D eigenvalue weighted by molar-refractivity contribution is -0.143. The van der Waals surface area contributed by atoms with Gasteiger partial charge in [0, 0.05) is 5.92 Å². The zero-order chi connectivity index (χ0) is 19.2. The van der Waals surface area contributed by atoms with E-state index in [1.807, 2.05) is 49.4 Å². The van der Waals surface area contributed by atoms with Gasteiger partial charge in [0.05, 0.1) is 19.8 Å². The van der Waals surface area contributed by atoms with Crippen molar-refractivity contribution in [1.82, 2.24) is 0 Å². The third-order valence-electron chi connectivity index (χ3n) is 4.27. The third kappa shape index (κ3) is 4.35. The molecule has 0 amide bonds. The quantitative estimate of drug-likeness (QED) is 0.446. The van der Waals surface area contributed by atoms with Crippen LogP contribution in [0.2, 0.25) is 0 Å². The number of esters is 1. The summed E-state index contributed by atoms with van der Waals surface area (Å²) in [7, 11) is -3.69. The number of carbonyl (C=O) groups is 1. The molecule has 0 heterocycles. The van der Waals surface area contributed by atoms with Crippen LogP contribution in [0.5, 0.6) is 0 Å². The van der Waals surface area contributed by atoms with Crippen molar-refractivity contribution in [2.24, 2.45) is 0 Å². The minimum Gasteiger partial charge on any atom is -0.465 e. The number of fused-ring (bicyclic) bond motifs is 1. The maximum absolute atomic E-state index is 13.4. The predicted octanol–water partition coefficient (Wildman–Crippen LogP) is 5.14. The van der Waals surface area contributed by atoms with Gasteiger partial charge in [-0.05, 0) is 37.1 Å². The molecular weight excluding hydrogens is 351 g/mol. The van der Waals surface area contributed by atoms with Crippen LogP contribution < -0.4 is 0 Å². The second-order valence-corrected chi connectivity index (χ2v) is 8.08. The van der Waals surface area contributed by atoms with Gasteiger partial charge in [-0.1, -0.05) is 49.4 Å². The molecule has 142 valence electrons. The standard InChI is InChI=1S/C20H27O5P/c1-5-23-20(21)19(26(22,24-6-2)25-7-3)15(4)17-14-10-12-16-11-8-9-13-18(16)17/h8-15,19H,5-7H2,1-4H3/t15-,19+/m1/s1. The van der Waals surface area contributed by atoms with Gasteiger partial charge in [0.15, 0.2) is 5.66 Å². The summed E-state index contributed by atoms with van der Waals surface area (Å²) in [6, 6.07) is 13.8. The van der Waals surface area contributed by atoms with Crippen LogP contribution in [0.4, 0.5) is 0 Å². The van der Waals surface area contributed by atoms with Crippen LogP contribution in [-0.2, 0) is 23.1 Å². The first kappa shape index (κ1) is 20.6. The van der Waals surface area contributed by atoms with E-state index in [0.717, 1.165) is 16.3 Å². The Balaban J connectivity index is 2.56. The Morgan fingerprint density at radius 3 is 2.19 bits per heavy atom. The molecule has 2 aromatic carbocycles. The Morgan fingerprint density at radius 1 is 0.962 bits per heavy atom. The van der Waals surface area contributed by atoms with Crippen LogP contribution in [0, 0.1) is 0 Å². The van der Waals surface area contributed by atoms with E-state index in [-0.39, 0.29) is 19.8 Å². The monoisotopic (exact) mass is 378 g/mol. The average molecular weight is 378 g/mol. The van der Waals surface area contributed by atoms with E-state index in [1.165, 1.54) is 0 Å². The number of rotatable bonds is 9. The van der Waals surface area contributed by atoms with Crippen molar-refractivity contribution in [2.45, 2.75) is 39.3 Å². The van der Waals surface area contributed by atoms with Crippen molar-refractivity contribution in [3.8, 4) is 0 Å². The van der Waals surface area contributed by atoms with Gasteiger partial charge in [0.1, 0.15) is 0 Å². The molecule has 0 radical (unpaired) electrons. The van der Waals surface area contributed by atoms with E-state index in [2.05, 4.69) is 0 Å². The van der Waals surface area contributed by atoms with Crippen LogP contribution in [0.3, 0.4) is 0 Å². The molecule has 0 spiro atoms. The van der Waals surface area contributed by atoms with Gasteiger partial charge in [-0.15, -0.1) is 0 Å². The third-order valence-corrected chi connectivity index (χ3v) is 6.85. The minimum atomic E-state index is -3.69. The van der Waals surface area contributed by atoms with Gasteiger partial charge in [0.25, 0.3) is 0 Å². The molecule has 0 aliphatic rings. The number of carbonyl (C=O) groups excluding carboxylic acids is 1. The van der Waals surface area contributed by atoms with Crippen molar-refractivity contribution in [2.75, 3.05) is 19.8 Å². The van der Waals surface area contributed by atoms with Crippen LogP contribution in [0.25, 0.3) is 10.8 Å². The lowest BCUT2D eigenvalue weighted by atomic mass is 9.92. The fourth-order valence-electron chi connectivity index (χ4n) is 3.21. The maximum atomic E-state index is 13.4. The Morgan fingerprint density at radius 2 is 1.58 bits per heavy atom. The molecule has 0 aliphatic heterocycles. The second-order valence-electron chi connectivity index (χ2n) is 5.93. The summed E-state index contributed by atoms with van der Waals surface area (Å²) in [5, 5.41) is 2.07. The van der Waals surface area contributed by atoms with Crippen LogP contribution >= 0.6 is 7.60 Å². The maximum Gasteiger partial charge on any atom is 0.345 e. The molecule has 2 atom stereocenters. The largest absolute Gasteiger partial charge is 0.465 e. The number of ether oxygens (including phenoxy) is 1. The van der Waals surface area contributed by atoms with Crippen molar-refractivity contribution < 1.29 is 23.1 Å². The zero-order valence-corrected chi connectivity index (χ0v) is 16.7. The van der Waals surface area contributed by atoms with Crippen LogP contribution in [-0.4, -0.2) is 31.4 Å². The zero-order valence-electron chi connectivity index (χ0n) is 15.8.